The molecule has 0 aromatic rings. The summed E-state index contributed by atoms with van der Waals surface area (Å²) < 4.78 is 0. The molecule has 0 saturated carbocycles. The van der Waals surface area contributed by atoms with Crippen LogP contribution in [0.4, 0.5) is 0 Å². The van der Waals surface area contributed by atoms with E-state index in [9.17, 15) is 24.0 Å². The smallest absolute Gasteiger partial charge is 0.317 e. The van der Waals surface area contributed by atoms with Crippen molar-refractivity contribution in [3.63, 3.8) is 0 Å². The van der Waals surface area contributed by atoms with Crippen LogP contribution in [0.2, 0.25) is 0 Å². The van der Waals surface area contributed by atoms with Crippen molar-refractivity contribution in [2.24, 2.45) is 5.92 Å². The fraction of sp³-hybridized carbons (Fsp3) is 0.778. The number of aldehydes is 1. The van der Waals surface area contributed by atoms with Gasteiger partial charge in [-0.2, -0.15) is 0 Å². The van der Waals surface area contributed by atoms with E-state index < -0.39 is 11.9 Å². The first-order chi connectivity index (χ1) is 20.0. The highest BCUT2D eigenvalue weighted by molar-refractivity contribution is 6.03. The zero-order valence-electron chi connectivity index (χ0n) is 25.3. The van der Waals surface area contributed by atoms with E-state index in [1.54, 1.807) is 4.90 Å². The highest BCUT2D eigenvalue weighted by Crippen LogP contribution is 2.18. The van der Waals surface area contributed by atoms with Crippen molar-refractivity contribution in [3.8, 4) is 0 Å². The maximum Gasteiger partial charge on any atom is 0.317 e. The topological polar surface area (TPSA) is 191 Å². The molecule has 2 aliphatic heterocycles. The minimum atomic E-state index is -0.907. The molecule has 0 aromatic carbocycles. The van der Waals surface area contributed by atoms with E-state index in [0.717, 1.165) is 51.9 Å². The van der Waals surface area contributed by atoms with E-state index in [1.807, 2.05) is 23.8 Å². The Labute approximate surface area is 248 Å². The Hall–Kier alpha value is -2.98. The summed E-state index contributed by atoms with van der Waals surface area (Å²) >= 11 is 0. The molecule has 1 atom stereocenters. The molecule has 0 radical (unpaired) electrons. The largest absolute Gasteiger partial charge is 0.483 e. The van der Waals surface area contributed by atoms with Gasteiger partial charge >= 0.3 is 11.9 Å². The third kappa shape index (κ3) is 17.7. The predicted octanol–water partition coefficient (Wildman–Crippen LogP) is -1.32. The number of carbonyl (C=O) groups excluding carboxylic acids is 3. The third-order valence-corrected chi connectivity index (χ3v) is 6.96. The minimum absolute atomic E-state index is 0.000502. The van der Waals surface area contributed by atoms with E-state index >= 15 is 0 Å². The van der Waals surface area contributed by atoms with Crippen LogP contribution in [0.5, 0.6) is 0 Å². The SMILES string of the molecule is CCN1CCN(CC=O)CCN(CC(=O)O)CCN(CC(=O)O)CC1.CNCCCCN1C(=O)CC(C)C1=O.O=CO. The van der Waals surface area contributed by atoms with Crippen LogP contribution >= 0.6 is 0 Å². The Balaban J connectivity index is 0.000000829. The van der Waals surface area contributed by atoms with Crippen molar-refractivity contribution >= 4 is 36.5 Å². The molecule has 0 spiro atoms. The Morgan fingerprint density at radius 1 is 0.857 bits per heavy atom. The average molecular weight is 603 g/mol. The van der Waals surface area contributed by atoms with Gasteiger partial charge in [-0.3, -0.25) is 43.6 Å². The monoisotopic (exact) mass is 602 g/mol. The van der Waals surface area contributed by atoms with Crippen LogP contribution in [0.1, 0.15) is 33.1 Å². The number of rotatable bonds is 12. The molecule has 2 amide bonds. The summed E-state index contributed by atoms with van der Waals surface area (Å²) in [7, 11) is 1.90. The second-order valence-electron chi connectivity index (χ2n) is 10.1. The maximum atomic E-state index is 11.5. The summed E-state index contributed by atoms with van der Waals surface area (Å²) in [6.07, 6.45) is 3.16. The van der Waals surface area contributed by atoms with Crippen LogP contribution in [-0.4, -0.2) is 175 Å². The number of imide groups is 1. The molecule has 42 heavy (non-hydrogen) atoms. The lowest BCUT2D eigenvalue weighted by atomic mass is 10.1. The molecule has 0 aliphatic carbocycles. The fourth-order valence-corrected chi connectivity index (χ4v) is 4.54. The zero-order valence-corrected chi connectivity index (χ0v) is 25.3. The standard InChI is InChI=1S/C16H30N4O5.C10H18N2O2.CH2O2/c1-2-17-3-5-18(11-12-21)6-8-20(14-16(24)25)10-9-19(7-4-17)13-15(22)23;1-8-7-9(13)12(10(8)14)6-4-3-5-11-2;2-1-3/h12H,2-11,13-14H2,1H3,(H,22,23)(H,24,25);8,11H,3-7H2,1-2H3;1H,(H,2,3). The van der Waals surface area contributed by atoms with Gasteiger partial charge in [0.1, 0.15) is 6.29 Å². The molecular weight excluding hydrogens is 552 g/mol. The number of hydrogen-bond donors (Lipinski definition) is 4. The van der Waals surface area contributed by atoms with E-state index in [-0.39, 0.29) is 37.3 Å². The zero-order chi connectivity index (χ0) is 31.9. The number of carbonyl (C=O) groups is 6. The first-order valence-corrected chi connectivity index (χ1v) is 14.4. The molecule has 2 aliphatic rings. The Kier molecular flexibility index (Phi) is 21.9. The molecule has 2 rings (SSSR count). The van der Waals surface area contributed by atoms with E-state index in [4.69, 9.17) is 20.1 Å². The van der Waals surface area contributed by atoms with E-state index in [2.05, 4.69) is 17.1 Å². The van der Waals surface area contributed by atoms with Gasteiger partial charge in [0.15, 0.2) is 0 Å². The third-order valence-electron chi connectivity index (χ3n) is 6.96. The van der Waals surface area contributed by atoms with E-state index in [1.165, 1.54) is 4.90 Å². The number of likely N-dealkylation sites (N-methyl/N-ethyl adjacent to an activating group) is 1. The number of carboxylic acid groups (broad SMARTS) is 3. The first-order valence-electron chi connectivity index (χ1n) is 14.4. The minimum Gasteiger partial charge on any atom is -0.483 e. The normalized spacial score (nSPS) is 19.9. The molecule has 2 heterocycles. The number of nitrogens with zero attached hydrogens (tertiary/aromatic N) is 5. The highest BCUT2D eigenvalue weighted by Gasteiger charge is 2.34. The van der Waals surface area contributed by atoms with E-state index in [0.29, 0.717) is 52.2 Å². The molecule has 0 aromatic heterocycles. The average Bonchev–Trinajstić information content (AvgIpc) is 3.17. The van der Waals surface area contributed by atoms with Crippen LogP contribution < -0.4 is 5.32 Å². The highest BCUT2D eigenvalue weighted by atomic mass is 16.4. The Morgan fingerprint density at radius 2 is 1.31 bits per heavy atom. The van der Waals surface area contributed by atoms with Gasteiger partial charge in [-0.15, -0.1) is 0 Å². The van der Waals surface area contributed by atoms with Gasteiger partial charge in [-0.1, -0.05) is 13.8 Å². The summed E-state index contributed by atoms with van der Waals surface area (Å²) in [5.41, 5.74) is 0. The maximum absolute atomic E-state index is 11.5. The molecule has 0 bridgehead atoms. The molecule has 4 N–H and O–H groups in total. The van der Waals surface area contributed by atoms with Crippen molar-refractivity contribution in [1.29, 1.82) is 0 Å². The second kappa shape index (κ2) is 23.6. The van der Waals surface area contributed by atoms with Gasteiger partial charge in [0.05, 0.1) is 19.6 Å². The van der Waals surface area contributed by atoms with Gasteiger partial charge < -0.3 is 30.3 Å². The number of amides is 2. The summed E-state index contributed by atoms with van der Waals surface area (Å²) in [6, 6.07) is 0. The van der Waals surface area contributed by atoms with Crippen LogP contribution in [0.15, 0.2) is 0 Å². The van der Waals surface area contributed by atoms with Crippen LogP contribution in [0, 0.1) is 5.92 Å². The molecule has 1 unspecified atom stereocenters. The lowest BCUT2D eigenvalue weighted by Crippen LogP contribution is -2.47. The van der Waals surface area contributed by atoms with Crippen molar-refractivity contribution in [1.82, 2.24) is 29.8 Å². The molecular formula is C27H50N6O9. The van der Waals surface area contributed by atoms with Crippen molar-refractivity contribution in [2.75, 3.05) is 98.7 Å². The summed E-state index contributed by atoms with van der Waals surface area (Å²) in [4.78, 5) is 73.5. The molecule has 2 fully saturated rings. The predicted molar refractivity (Wildman–Crippen MR) is 155 cm³/mol. The van der Waals surface area contributed by atoms with Crippen LogP contribution in [-0.2, 0) is 28.8 Å². The molecule has 15 nitrogen and oxygen atoms in total. The second-order valence-corrected chi connectivity index (χ2v) is 10.1. The first kappa shape index (κ1) is 39.0. The van der Waals surface area contributed by atoms with Gasteiger partial charge in [0, 0.05) is 71.2 Å². The lowest BCUT2D eigenvalue weighted by Gasteiger charge is -2.32. The molecule has 15 heteroatoms. The van der Waals surface area contributed by atoms with Crippen LogP contribution in [0.3, 0.4) is 0 Å². The van der Waals surface area contributed by atoms with Crippen LogP contribution in [0.25, 0.3) is 0 Å². The molecule has 2 saturated heterocycles. The molecule has 242 valence electrons. The van der Waals surface area contributed by atoms with Crippen molar-refractivity contribution in [2.45, 2.75) is 33.1 Å². The van der Waals surface area contributed by atoms with Gasteiger partial charge in [-0.05, 0) is 33.0 Å². The Bertz CT molecular complexity index is 832. The van der Waals surface area contributed by atoms with Gasteiger partial charge in [0.2, 0.25) is 11.8 Å². The lowest BCUT2D eigenvalue weighted by molar-refractivity contribution is -0.140. The summed E-state index contributed by atoms with van der Waals surface area (Å²) in [5, 5.41) is 28.1. The number of hydrogen-bond acceptors (Lipinski definition) is 11. The number of aliphatic carboxylic acids is 2. The van der Waals surface area contributed by atoms with Crippen molar-refractivity contribution < 1.29 is 44.1 Å². The Morgan fingerprint density at radius 3 is 1.67 bits per heavy atom. The fourth-order valence-electron chi connectivity index (χ4n) is 4.54. The van der Waals surface area contributed by atoms with Gasteiger partial charge in [-0.25, -0.2) is 0 Å². The van der Waals surface area contributed by atoms with Crippen molar-refractivity contribution in [3.05, 3.63) is 0 Å². The number of nitrogens with one attached hydrogen (secondary N) is 1. The number of likely N-dealkylation sites (tertiary alicyclic amines) is 1. The quantitative estimate of drug-likeness (QED) is 0.117. The summed E-state index contributed by atoms with van der Waals surface area (Å²) in [5.74, 6) is -1.90. The number of unbranched alkanes of at least 4 members (excludes halogenated alkanes) is 1. The number of carboxylic acids is 2. The summed E-state index contributed by atoms with van der Waals surface area (Å²) in [6.45, 7) is 11.2. The van der Waals surface area contributed by atoms with Gasteiger partial charge in [0.25, 0.3) is 6.47 Å².